The molecule has 12 atom stereocenters. The second kappa shape index (κ2) is 58.5. The Kier molecular flexibility index (Phi) is 54.4. The third-order valence-electron chi connectivity index (χ3n) is 17.7. The normalized spacial score (nSPS) is 23.5. The number of amides is 1. The van der Waals surface area contributed by atoms with Crippen LogP contribution in [0.3, 0.4) is 0 Å². The lowest BCUT2D eigenvalue weighted by atomic mass is 9.97. The van der Waals surface area contributed by atoms with E-state index in [0.29, 0.717) is 12.8 Å². The van der Waals surface area contributed by atoms with Crippen molar-refractivity contribution in [2.24, 2.45) is 0 Å². The highest BCUT2D eigenvalue weighted by atomic mass is 16.7. The summed E-state index contributed by atoms with van der Waals surface area (Å²) in [7, 11) is 0. The molecule has 2 saturated heterocycles. The average Bonchev–Trinajstić information content (AvgIpc) is 2.07. The molecule has 0 saturated carbocycles. The molecule has 0 radical (unpaired) electrons. The van der Waals surface area contributed by atoms with Crippen molar-refractivity contribution < 1.29 is 64.6 Å². The van der Waals surface area contributed by atoms with Gasteiger partial charge in [-0.15, -0.1) is 0 Å². The summed E-state index contributed by atoms with van der Waals surface area (Å²) >= 11 is 0. The van der Waals surface area contributed by atoms with Gasteiger partial charge in [0.15, 0.2) is 12.6 Å². The fourth-order valence-corrected chi connectivity index (χ4v) is 11.8. The summed E-state index contributed by atoms with van der Waals surface area (Å²) in [6.07, 6.45) is 61.4. The first-order valence-corrected chi connectivity index (χ1v) is 36.5. The van der Waals surface area contributed by atoms with E-state index >= 15 is 0 Å². The molecule has 0 aliphatic carbocycles. The van der Waals surface area contributed by atoms with E-state index in [1.807, 2.05) is 6.08 Å². The van der Waals surface area contributed by atoms with Gasteiger partial charge in [-0.25, -0.2) is 0 Å². The molecular weight excluding hydrogens is 1110 g/mol. The topological polar surface area (TPSA) is 228 Å². The quantitative estimate of drug-likeness (QED) is 0.0204. The molecule has 2 heterocycles. The molecule has 12 unspecified atom stereocenters. The minimum Gasteiger partial charge on any atom is -0.394 e. The van der Waals surface area contributed by atoms with Gasteiger partial charge in [-0.1, -0.05) is 293 Å². The largest absolute Gasteiger partial charge is 0.394 e. The lowest BCUT2D eigenvalue weighted by Crippen LogP contribution is -2.65. The van der Waals surface area contributed by atoms with Gasteiger partial charge in [0.05, 0.1) is 32.0 Å². The highest BCUT2D eigenvalue weighted by Gasteiger charge is 2.51. The number of allylic oxidation sites excluding steroid dienone is 9. The Bertz CT molecular complexity index is 1710. The number of rotatable bonds is 60. The summed E-state index contributed by atoms with van der Waals surface area (Å²) in [4.78, 5) is 13.3. The van der Waals surface area contributed by atoms with Gasteiger partial charge < -0.3 is 65.1 Å². The van der Waals surface area contributed by atoms with Crippen LogP contribution >= 0.6 is 0 Å². The minimum atomic E-state index is -1.79. The maximum atomic E-state index is 13.3. The summed E-state index contributed by atoms with van der Waals surface area (Å²) in [5, 5.41) is 87.4. The van der Waals surface area contributed by atoms with Crippen molar-refractivity contribution in [1.82, 2.24) is 5.32 Å². The van der Waals surface area contributed by atoms with Crippen LogP contribution in [0.15, 0.2) is 60.8 Å². The van der Waals surface area contributed by atoms with Gasteiger partial charge in [-0.3, -0.25) is 4.79 Å². The third kappa shape index (κ3) is 42.0. The van der Waals surface area contributed by atoms with Gasteiger partial charge in [0, 0.05) is 6.42 Å². The molecule has 1 amide bonds. The number of carbonyl (C=O) groups is 1. The first kappa shape index (κ1) is 81.8. The van der Waals surface area contributed by atoms with Crippen LogP contribution in [0.25, 0.3) is 0 Å². The SMILES string of the molecule is CCCCCCC/C=C\C/C=C\C/C=C\CCCCCCCCCCCCCCCCCCCCC(=O)NC(COC1OC(CO)C(OC2OC(CO)C(O)C(O)C2O)C(O)C1O)C(O)/C=C/CC/C=C/CCCCCCCCCCCCCCCCC. The molecule has 514 valence electrons. The highest BCUT2D eigenvalue weighted by Crippen LogP contribution is 2.30. The average molecular weight is 1250 g/mol. The van der Waals surface area contributed by atoms with Crippen molar-refractivity contribution in [2.75, 3.05) is 19.8 Å². The Balaban J connectivity index is 1.65. The van der Waals surface area contributed by atoms with Crippen LogP contribution in [-0.2, 0) is 23.7 Å². The molecule has 9 N–H and O–H groups in total. The van der Waals surface area contributed by atoms with Crippen LogP contribution in [0.4, 0.5) is 0 Å². The van der Waals surface area contributed by atoms with Gasteiger partial charge in [0.25, 0.3) is 0 Å². The Morgan fingerprint density at radius 1 is 0.409 bits per heavy atom. The molecule has 0 bridgehead atoms. The van der Waals surface area contributed by atoms with Crippen LogP contribution in [0.5, 0.6) is 0 Å². The van der Waals surface area contributed by atoms with Gasteiger partial charge in [0.1, 0.15) is 48.8 Å². The van der Waals surface area contributed by atoms with Gasteiger partial charge >= 0.3 is 0 Å². The predicted octanol–water partition coefficient (Wildman–Crippen LogP) is 15.2. The molecule has 2 rings (SSSR count). The number of carbonyl (C=O) groups excluding carboxylic acids is 1. The van der Waals surface area contributed by atoms with Gasteiger partial charge in [-0.2, -0.15) is 0 Å². The summed E-state index contributed by atoms with van der Waals surface area (Å²) in [6.45, 7) is 2.81. The van der Waals surface area contributed by atoms with E-state index in [4.69, 9.17) is 18.9 Å². The fourth-order valence-electron chi connectivity index (χ4n) is 11.8. The van der Waals surface area contributed by atoms with Crippen LogP contribution in [0.2, 0.25) is 0 Å². The molecule has 0 aromatic rings. The zero-order valence-electron chi connectivity index (χ0n) is 56.0. The molecule has 0 spiro atoms. The first-order valence-electron chi connectivity index (χ1n) is 36.5. The Hall–Kier alpha value is -2.31. The van der Waals surface area contributed by atoms with E-state index in [1.165, 1.54) is 231 Å². The number of hydrogen-bond donors (Lipinski definition) is 9. The number of nitrogens with one attached hydrogen (secondary N) is 1. The second-order valence-electron chi connectivity index (χ2n) is 25.7. The Morgan fingerprint density at radius 2 is 0.761 bits per heavy atom. The number of aliphatic hydroxyl groups excluding tert-OH is 8. The smallest absolute Gasteiger partial charge is 0.220 e. The van der Waals surface area contributed by atoms with Crippen LogP contribution in [0, 0.1) is 0 Å². The summed E-state index contributed by atoms with van der Waals surface area (Å²) in [6, 6.07) is -0.933. The molecule has 0 aromatic carbocycles. The maximum absolute atomic E-state index is 13.3. The minimum absolute atomic E-state index is 0.246. The molecule has 14 heteroatoms. The number of ether oxygens (including phenoxy) is 4. The van der Waals surface area contributed by atoms with Crippen LogP contribution < -0.4 is 5.32 Å². The maximum Gasteiger partial charge on any atom is 0.220 e. The van der Waals surface area contributed by atoms with Crippen molar-refractivity contribution in [3.05, 3.63) is 60.8 Å². The standard InChI is InChI=1S/C74H135NO13/c1-3-5-7-9-11-13-15-17-19-21-23-25-26-27-28-29-30-31-32-33-34-35-36-38-40-42-44-46-48-50-52-54-56-58-66(79)75-62(63(78)57-55-53-51-49-47-45-43-41-39-37-24-22-20-18-16-14-12-10-8-6-4-2)61-85-73-71(84)69(82)72(65(60-77)87-73)88-74-70(83)68(81)67(80)64(59-76)86-74/h15,17,21,23,26-27,47,49,55,57,62-65,67-74,76-78,80-84H,3-14,16,18-20,22,24-25,28-46,48,50-54,56,58-61H2,1-2H3,(H,75,79)/b17-15-,23-21-,27-26-,49-47+,57-55+. The molecular formula is C74H135NO13. The van der Waals surface area contributed by atoms with E-state index < -0.39 is 86.8 Å². The highest BCUT2D eigenvalue weighted by molar-refractivity contribution is 5.76. The summed E-state index contributed by atoms with van der Waals surface area (Å²) in [5.41, 5.74) is 0. The molecule has 14 nitrogen and oxygen atoms in total. The first-order chi connectivity index (χ1) is 43.1. The van der Waals surface area contributed by atoms with E-state index in [-0.39, 0.29) is 18.9 Å². The summed E-state index contributed by atoms with van der Waals surface area (Å²) < 4.78 is 22.9. The second-order valence-corrected chi connectivity index (χ2v) is 25.7. The van der Waals surface area contributed by atoms with Crippen molar-refractivity contribution in [3.63, 3.8) is 0 Å². The van der Waals surface area contributed by atoms with Crippen LogP contribution in [0.1, 0.15) is 309 Å². The molecule has 0 aromatic heterocycles. The van der Waals surface area contributed by atoms with Gasteiger partial charge in [0.2, 0.25) is 5.91 Å². The van der Waals surface area contributed by atoms with Crippen molar-refractivity contribution in [1.29, 1.82) is 0 Å². The zero-order chi connectivity index (χ0) is 63.8. The lowest BCUT2D eigenvalue weighted by molar-refractivity contribution is -0.359. The number of unbranched alkanes of at least 4 members (excludes halogenated alkanes) is 39. The van der Waals surface area contributed by atoms with Crippen molar-refractivity contribution >= 4 is 5.91 Å². The molecule has 2 aliphatic rings. The van der Waals surface area contributed by atoms with E-state index in [1.54, 1.807) is 6.08 Å². The zero-order valence-corrected chi connectivity index (χ0v) is 56.0. The van der Waals surface area contributed by atoms with E-state index in [2.05, 4.69) is 67.8 Å². The van der Waals surface area contributed by atoms with Crippen LogP contribution in [-0.4, -0.2) is 140 Å². The molecule has 88 heavy (non-hydrogen) atoms. The van der Waals surface area contributed by atoms with Crippen molar-refractivity contribution in [2.45, 2.75) is 383 Å². The third-order valence-corrected chi connectivity index (χ3v) is 17.7. The number of aliphatic hydroxyl groups is 8. The summed E-state index contributed by atoms with van der Waals surface area (Å²) in [5.74, 6) is -0.246. The van der Waals surface area contributed by atoms with E-state index in [0.717, 1.165) is 44.9 Å². The van der Waals surface area contributed by atoms with E-state index in [9.17, 15) is 45.6 Å². The Morgan fingerprint density at radius 3 is 1.19 bits per heavy atom. The monoisotopic (exact) mass is 1250 g/mol. The van der Waals surface area contributed by atoms with Crippen molar-refractivity contribution in [3.8, 4) is 0 Å². The Labute approximate surface area is 536 Å². The molecule has 2 aliphatic heterocycles. The predicted molar refractivity (Wildman–Crippen MR) is 360 cm³/mol. The fraction of sp³-hybridized carbons (Fsp3) is 0.851. The van der Waals surface area contributed by atoms with Gasteiger partial charge in [-0.05, 0) is 70.6 Å². The number of hydrogen-bond acceptors (Lipinski definition) is 13. The molecule has 2 fully saturated rings. The lowest BCUT2D eigenvalue weighted by Gasteiger charge is -2.46.